The van der Waals surface area contributed by atoms with Gasteiger partial charge in [-0.15, -0.1) is 12.4 Å². The molecule has 0 heterocycles. The standard InChI is InChI=1S/C19H26N4O3S.ClH/c1-4-21-17-11-10-15(27(25,26)23(2)3)13-18(17)22-19(24)12-9-14-7-5-6-8-16(14)20;/h5-8,10-11,13,21H,4,9,12,20H2,1-3H3,(H,22,24);1H. The van der Waals surface area contributed by atoms with Gasteiger partial charge >= 0.3 is 0 Å². The first kappa shape index (κ1) is 23.7. The third-order valence-corrected chi connectivity index (χ3v) is 5.90. The summed E-state index contributed by atoms with van der Waals surface area (Å²) < 4.78 is 25.9. The zero-order valence-corrected chi connectivity index (χ0v) is 17.9. The maximum absolute atomic E-state index is 12.4. The van der Waals surface area contributed by atoms with Crippen LogP contribution in [0.1, 0.15) is 18.9 Å². The molecule has 9 heteroatoms. The van der Waals surface area contributed by atoms with Crippen molar-refractivity contribution in [2.45, 2.75) is 24.7 Å². The maximum atomic E-state index is 12.4. The van der Waals surface area contributed by atoms with Crippen molar-refractivity contribution in [3.8, 4) is 0 Å². The number of hydrogen-bond acceptors (Lipinski definition) is 5. The minimum atomic E-state index is -3.59. The summed E-state index contributed by atoms with van der Waals surface area (Å²) in [5.41, 5.74) is 8.57. The molecule has 2 rings (SSSR count). The van der Waals surface area contributed by atoms with Gasteiger partial charge < -0.3 is 16.4 Å². The molecule has 0 saturated carbocycles. The van der Waals surface area contributed by atoms with Crippen LogP contribution in [-0.2, 0) is 21.2 Å². The lowest BCUT2D eigenvalue weighted by molar-refractivity contribution is -0.116. The minimum absolute atomic E-state index is 0. The summed E-state index contributed by atoms with van der Waals surface area (Å²) in [7, 11) is -0.653. The van der Waals surface area contributed by atoms with Crippen molar-refractivity contribution in [3.05, 3.63) is 48.0 Å². The number of nitrogens with one attached hydrogen (secondary N) is 2. The molecular weight excluding hydrogens is 400 g/mol. The van der Waals surface area contributed by atoms with Crippen LogP contribution in [0.25, 0.3) is 0 Å². The van der Waals surface area contributed by atoms with Gasteiger partial charge in [-0.25, -0.2) is 12.7 Å². The molecule has 0 aromatic heterocycles. The van der Waals surface area contributed by atoms with Crippen LogP contribution in [0.3, 0.4) is 0 Å². The number of halogens is 1. The highest BCUT2D eigenvalue weighted by molar-refractivity contribution is 7.89. The summed E-state index contributed by atoms with van der Waals surface area (Å²) in [6.45, 7) is 2.57. The molecule has 1 amide bonds. The molecule has 154 valence electrons. The monoisotopic (exact) mass is 426 g/mol. The van der Waals surface area contributed by atoms with Crippen LogP contribution in [0.2, 0.25) is 0 Å². The zero-order chi connectivity index (χ0) is 20.0. The van der Waals surface area contributed by atoms with Crippen molar-refractivity contribution in [3.63, 3.8) is 0 Å². The largest absolute Gasteiger partial charge is 0.399 e. The summed E-state index contributed by atoms with van der Waals surface area (Å²) in [5.74, 6) is -0.211. The SMILES string of the molecule is CCNc1ccc(S(=O)(=O)N(C)C)cc1NC(=O)CCc1ccccc1N.Cl. The van der Waals surface area contributed by atoms with Gasteiger partial charge in [0.1, 0.15) is 0 Å². The predicted molar refractivity (Wildman–Crippen MR) is 117 cm³/mol. The third kappa shape index (κ3) is 5.85. The first-order chi connectivity index (χ1) is 12.8. The second-order valence-electron chi connectivity index (χ2n) is 6.27. The molecule has 28 heavy (non-hydrogen) atoms. The highest BCUT2D eigenvalue weighted by Crippen LogP contribution is 2.27. The van der Waals surface area contributed by atoms with E-state index < -0.39 is 10.0 Å². The Balaban J connectivity index is 0.00000392. The number of aryl methyl sites for hydroxylation is 1. The molecule has 0 fully saturated rings. The summed E-state index contributed by atoms with van der Waals surface area (Å²) in [6.07, 6.45) is 0.745. The fourth-order valence-corrected chi connectivity index (χ4v) is 3.49. The summed E-state index contributed by atoms with van der Waals surface area (Å²) >= 11 is 0. The van der Waals surface area contributed by atoms with Gasteiger partial charge in [0.2, 0.25) is 15.9 Å². The molecule has 0 radical (unpaired) electrons. The number of nitrogen functional groups attached to an aromatic ring is 1. The number of nitrogens with two attached hydrogens (primary N) is 1. The van der Waals surface area contributed by atoms with Crippen molar-refractivity contribution in [2.24, 2.45) is 0 Å². The van der Waals surface area contributed by atoms with Crippen molar-refractivity contribution in [1.82, 2.24) is 4.31 Å². The number of carbonyl (C=O) groups is 1. The van der Waals surface area contributed by atoms with Crippen LogP contribution in [-0.4, -0.2) is 39.3 Å². The van der Waals surface area contributed by atoms with Gasteiger partial charge in [0.25, 0.3) is 0 Å². The van der Waals surface area contributed by atoms with Crippen LogP contribution in [0.5, 0.6) is 0 Å². The lowest BCUT2D eigenvalue weighted by Gasteiger charge is -2.16. The zero-order valence-electron chi connectivity index (χ0n) is 16.2. The third-order valence-electron chi connectivity index (χ3n) is 4.09. The number of anilines is 3. The molecule has 0 aliphatic rings. The number of rotatable bonds is 8. The van der Waals surface area contributed by atoms with E-state index in [0.717, 1.165) is 9.87 Å². The highest BCUT2D eigenvalue weighted by Gasteiger charge is 2.19. The van der Waals surface area contributed by atoms with Crippen molar-refractivity contribution >= 4 is 45.4 Å². The quantitative estimate of drug-likeness (QED) is 0.563. The fraction of sp³-hybridized carbons (Fsp3) is 0.316. The molecule has 0 unspecified atom stereocenters. The Morgan fingerprint density at radius 1 is 1.11 bits per heavy atom. The second-order valence-corrected chi connectivity index (χ2v) is 8.42. The van der Waals surface area contributed by atoms with Crippen molar-refractivity contribution in [1.29, 1.82) is 0 Å². The van der Waals surface area contributed by atoms with E-state index in [4.69, 9.17) is 5.73 Å². The van der Waals surface area contributed by atoms with Crippen LogP contribution in [0.4, 0.5) is 17.1 Å². The normalized spacial score (nSPS) is 11.0. The van der Waals surface area contributed by atoms with Gasteiger partial charge in [-0.2, -0.15) is 0 Å². The maximum Gasteiger partial charge on any atom is 0.242 e. The van der Waals surface area contributed by atoms with Gasteiger partial charge in [0.05, 0.1) is 16.3 Å². The molecule has 2 aromatic rings. The Hall–Kier alpha value is -2.29. The van der Waals surface area contributed by atoms with Gasteiger partial charge in [-0.05, 0) is 43.2 Å². The number of benzene rings is 2. The molecule has 2 aromatic carbocycles. The smallest absolute Gasteiger partial charge is 0.242 e. The van der Waals surface area contributed by atoms with Gasteiger partial charge in [0.15, 0.2) is 0 Å². The Morgan fingerprint density at radius 3 is 2.39 bits per heavy atom. The first-order valence-electron chi connectivity index (χ1n) is 8.69. The minimum Gasteiger partial charge on any atom is -0.399 e. The van der Waals surface area contributed by atoms with Crippen molar-refractivity contribution < 1.29 is 13.2 Å². The van der Waals surface area contributed by atoms with Gasteiger partial charge in [0, 0.05) is 32.7 Å². The molecule has 4 N–H and O–H groups in total. The molecule has 0 atom stereocenters. The van der Waals surface area contributed by atoms with Crippen LogP contribution >= 0.6 is 12.4 Å². The summed E-state index contributed by atoms with van der Waals surface area (Å²) in [5, 5.41) is 5.94. The summed E-state index contributed by atoms with van der Waals surface area (Å²) in [4.78, 5) is 12.5. The molecule has 0 aliphatic carbocycles. The molecule has 0 spiro atoms. The predicted octanol–water partition coefficient (Wildman–Crippen LogP) is 2.94. The Kier molecular flexibility index (Phi) is 8.74. The number of para-hydroxylation sites is 1. The van der Waals surface area contributed by atoms with E-state index >= 15 is 0 Å². The first-order valence-corrected chi connectivity index (χ1v) is 10.1. The average Bonchev–Trinajstić information content (AvgIpc) is 2.62. The number of nitrogens with zero attached hydrogens (tertiary/aromatic N) is 1. The van der Waals surface area contributed by atoms with E-state index in [9.17, 15) is 13.2 Å². The topological polar surface area (TPSA) is 105 Å². The lowest BCUT2D eigenvalue weighted by Crippen LogP contribution is -2.22. The van der Waals surface area contributed by atoms with E-state index in [0.29, 0.717) is 30.0 Å². The van der Waals surface area contributed by atoms with E-state index in [2.05, 4.69) is 10.6 Å². The van der Waals surface area contributed by atoms with E-state index in [-0.39, 0.29) is 29.6 Å². The number of sulfonamides is 1. The van der Waals surface area contributed by atoms with Crippen LogP contribution in [0.15, 0.2) is 47.4 Å². The molecule has 0 aliphatic heterocycles. The van der Waals surface area contributed by atoms with E-state index in [1.807, 2.05) is 25.1 Å². The van der Waals surface area contributed by atoms with Crippen molar-refractivity contribution in [2.75, 3.05) is 37.0 Å². The lowest BCUT2D eigenvalue weighted by atomic mass is 10.1. The molecule has 0 saturated heterocycles. The Labute approximate surface area is 172 Å². The van der Waals surface area contributed by atoms with E-state index in [1.165, 1.54) is 26.2 Å². The molecule has 7 nitrogen and oxygen atoms in total. The number of amides is 1. The Bertz CT molecular complexity index is 917. The van der Waals surface area contributed by atoms with Crippen LogP contribution in [0, 0.1) is 0 Å². The number of hydrogen-bond donors (Lipinski definition) is 3. The van der Waals surface area contributed by atoms with Gasteiger partial charge in [-0.1, -0.05) is 18.2 Å². The molecule has 0 bridgehead atoms. The van der Waals surface area contributed by atoms with Crippen LogP contribution < -0.4 is 16.4 Å². The van der Waals surface area contributed by atoms with E-state index in [1.54, 1.807) is 12.1 Å². The highest BCUT2D eigenvalue weighted by atomic mass is 35.5. The molecular formula is C19H27ClN4O3S. The number of carbonyl (C=O) groups excluding carboxylic acids is 1. The Morgan fingerprint density at radius 2 is 1.79 bits per heavy atom. The van der Waals surface area contributed by atoms with Gasteiger partial charge in [-0.3, -0.25) is 4.79 Å². The summed E-state index contributed by atoms with van der Waals surface area (Å²) in [6, 6.07) is 12.1. The second kappa shape index (κ2) is 10.3. The average molecular weight is 427 g/mol. The fourth-order valence-electron chi connectivity index (χ4n) is 2.57.